The predicted octanol–water partition coefficient (Wildman–Crippen LogP) is 0.170. The minimum absolute atomic E-state index is 0.0130. The van der Waals surface area contributed by atoms with E-state index in [1.54, 1.807) is 18.6 Å². The first-order chi connectivity index (χ1) is 12.6. The molecule has 1 amide bonds. The average molecular weight is 355 g/mol. The van der Waals surface area contributed by atoms with Crippen LogP contribution in [0.25, 0.3) is 0 Å². The van der Waals surface area contributed by atoms with Crippen LogP contribution in [0.3, 0.4) is 0 Å². The van der Waals surface area contributed by atoms with Gasteiger partial charge in [0.2, 0.25) is 5.91 Å². The summed E-state index contributed by atoms with van der Waals surface area (Å²) >= 11 is 0. The summed E-state index contributed by atoms with van der Waals surface area (Å²) in [5.41, 5.74) is 2.33. The Morgan fingerprint density at radius 3 is 2.62 bits per heavy atom. The maximum Gasteiger partial charge on any atom is 0.227 e. The van der Waals surface area contributed by atoms with Gasteiger partial charge in [-0.05, 0) is 12.5 Å². The van der Waals surface area contributed by atoms with Crippen LogP contribution in [0.2, 0.25) is 0 Å². The summed E-state index contributed by atoms with van der Waals surface area (Å²) in [6.07, 6.45) is 7.08. The van der Waals surface area contributed by atoms with Crippen LogP contribution in [0.5, 0.6) is 0 Å². The van der Waals surface area contributed by atoms with Gasteiger partial charge in [0.05, 0.1) is 18.3 Å². The molecule has 26 heavy (non-hydrogen) atoms. The van der Waals surface area contributed by atoms with Crippen molar-refractivity contribution < 1.29 is 4.79 Å². The lowest BCUT2D eigenvalue weighted by Gasteiger charge is -2.37. The Bertz CT molecular complexity index is 767. The lowest BCUT2D eigenvalue weighted by molar-refractivity contribution is -0.135. The molecule has 0 unspecified atom stereocenters. The number of anilines is 1. The van der Waals surface area contributed by atoms with E-state index in [1.807, 2.05) is 22.8 Å². The molecule has 0 spiro atoms. The topological polar surface area (TPSA) is 79.2 Å². The highest BCUT2D eigenvalue weighted by Gasteiger charge is 2.38. The van der Waals surface area contributed by atoms with Crippen molar-refractivity contribution in [2.75, 3.05) is 44.2 Å². The van der Waals surface area contributed by atoms with Gasteiger partial charge in [0.15, 0.2) is 0 Å². The summed E-state index contributed by atoms with van der Waals surface area (Å²) < 4.78 is 1.88. The minimum atomic E-state index is -0.0130. The third kappa shape index (κ3) is 3.05. The number of rotatable bonds is 3. The molecule has 2 aliphatic heterocycles. The zero-order valence-electron chi connectivity index (χ0n) is 15.3. The fourth-order valence-corrected chi connectivity index (χ4v) is 3.99. The van der Waals surface area contributed by atoms with E-state index in [-0.39, 0.29) is 17.7 Å². The molecule has 0 saturated carbocycles. The van der Waals surface area contributed by atoms with Crippen LogP contribution < -0.4 is 10.2 Å². The second kappa shape index (κ2) is 7.03. The molecule has 8 nitrogen and oxygen atoms in total. The third-order valence-corrected chi connectivity index (χ3v) is 5.67. The molecule has 0 bridgehead atoms. The van der Waals surface area contributed by atoms with Crippen LogP contribution in [-0.2, 0) is 11.8 Å². The van der Waals surface area contributed by atoms with Crippen LogP contribution in [0, 0.1) is 12.8 Å². The number of carbonyl (C=O) groups excluding carboxylic acids is 1. The van der Waals surface area contributed by atoms with Crippen LogP contribution in [-0.4, -0.2) is 69.8 Å². The molecule has 138 valence electrons. The summed E-state index contributed by atoms with van der Waals surface area (Å²) in [5.74, 6) is 1.32. The maximum atomic E-state index is 13.2. The first kappa shape index (κ1) is 17.0. The molecule has 4 heterocycles. The summed E-state index contributed by atoms with van der Waals surface area (Å²) in [7, 11) is 1.95. The van der Waals surface area contributed by atoms with E-state index in [0.29, 0.717) is 0 Å². The van der Waals surface area contributed by atoms with Gasteiger partial charge in [0, 0.05) is 70.3 Å². The molecular weight excluding hydrogens is 330 g/mol. The minimum Gasteiger partial charge on any atom is -0.352 e. The number of hydrogen-bond donors (Lipinski definition) is 1. The number of amides is 1. The maximum absolute atomic E-state index is 13.2. The van der Waals surface area contributed by atoms with Crippen LogP contribution >= 0.6 is 0 Å². The Labute approximate surface area is 153 Å². The molecule has 0 radical (unpaired) electrons. The lowest BCUT2D eigenvalue weighted by Crippen LogP contribution is -2.51. The standard InChI is InChI=1S/C18H25N7O/c1-13-14(11-22-23(13)2)15-9-20-10-16(15)18(26)25-7-5-24(6-8-25)17-12-19-3-4-21-17/h3-4,11-12,15-16,20H,5-10H2,1-2H3/t15-,16+/m1/s1. The van der Waals surface area contributed by atoms with E-state index in [2.05, 4.69) is 32.2 Å². The third-order valence-electron chi connectivity index (χ3n) is 5.67. The van der Waals surface area contributed by atoms with Gasteiger partial charge < -0.3 is 15.1 Å². The fourth-order valence-electron chi connectivity index (χ4n) is 3.99. The molecule has 2 fully saturated rings. The van der Waals surface area contributed by atoms with Gasteiger partial charge in [0.1, 0.15) is 5.82 Å². The second-order valence-corrected chi connectivity index (χ2v) is 7.06. The Balaban J connectivity index is 1.42. The number of nitrogens with one attached hydrogen (secondary N) is 1. The molecular formula is C18H25N7O. The zero-order chi connectivity index (χ0) is 18.1. The Kier molecular flexibility index (Phi) is 4.58. The highest BCUT2D eigenvalue weighted by Crippen LogP contribution is 2.31. The fraction of sp³-hybridized carbons (Fsp3) is 0.556. The van der Waals surface area contributed by atoms with Gasteiger partial charge in [-0.3, -0.25) is 14.5 Å². The van der Waals surface area contributed by atoms with E-state index in [1.165, 1.54) is 5.56 Å². The van der Waals surface area contributed by atoms with E-state index in [0.717, 1.165) is 50.8 Å². The smallest absolute Gasteiger partial charge is 0.227 e. The van der Waals surface area contributed by atoms with Gasteiger partial charge in [0.25, 0.3) is 0 Å². The van der Waals surface area contributed by atoms with Crippen molar-refractivity contribution in [3.63, 3.8) is 0 Å². The summed E-state index contributed by atoms with van der Waals surface area (Å²) in [5, 5.41) is 7.75. The summed E-state index contributed by atoms with van der Waals surface area (Å²) in [6.45, 7) is 6.68. The monoisotopic (exact) mass is 355 g/mol. The van der Waals surface area contributed by atoms with Gasteiger partial charge >= 0.3 is 0 Å². The van der Waals surface area contributed by atoms with Crippen molar-refractivity contribution >= 4 is 11.7 Å². The number of carbonyl (C=O) groups is 1. The predicted molar refractivity (Wildman–Crippen MR) is 97.9 cm³/mol. The zero-order valence-corrected chi connectivity index (χ0v) is 15.3. The molecule has 2 aromatic heterocycles. The lowest BCUT2D eigenvalue weighted by atomic mass is 9.88. The van der Waals surface area contributed by atoms with Crippen molar-refractivity contribution in [3.05, 3.63) is 36.0 Å². The average Bonchev–Trinajstić information content (AvgIpc) is 3.29. The molecule has 0 aromatic carbocycles. The quantitative estimate of drug-likeness (QED) is 0.846. The van der Waals surface area contributed by atoms with Crippen molar-refractivity contribution in [2.45, 2.75) is 12.8 Å². The Morgan fingerprint density at radius 1 is 1.15 bits per heavy atom. The number of nitrogens with zero attached hydrogens (tertiary/aromatic N) is 6. The molecule has 4 rings (SSSR count). The van der Waals surface area contributed by atoms with E-state index >= 15 is 0 Å². The molecule has 2 aliphatic rings. The van der Waals surface area contributed by atoms with Crippen LogP contribution in [0.4, 0.5) is 5.82 Å². The van der Waals surface area contributed by atoms with Crippen molar-refractivity contribution in [1.29, 1.82) is 0 Å². The first-order valence-corrected chi connectivity index (χ1v) is 9.14. The summed E-state index contributed by atoms with van der Waals surface area (Å²) in [4.78, 5) is 25.8. The Hall–Kier alpha value is -2.48. The summed E-state index contributed by atoms with van der Waals surface area (Å²) in [6, 6.07) is 0. The van der Waals surface area contributed by atoms with Gasteiger partial charge in [-0.15, -0.1) is 0 Å². The SMILES string of the molecule is Cc1c([C@H]2CNC[C@@H]2C(=O)N2CCN(c3cnccn3)CC2)cnn1C. The molecule has 2 aromatic rings. The second-order valence-electron chi connectivity index (χ2n) is 7.06. The highest BCUT2D eigenvalue weighted by atomic mass is 16.2. The largest absolute Gasteiger partial charge is 0.352 e. The number of piperazine rings is 1. The van der Waals surface area contributed by atoms with Gasteiger partial charge in [-0.2, -0.15) is 5.10 Å². The van der Waals surface area contributed by atoms with Crippen LogP contribution in [0.1, 0.15) is 17.2 Å². The van der Waals surface area contributed by atoms with E-state index in [9.17, 15) is 4.79 Å². The highest BCUT2D eigenvalue weighted by molar-refractivity contribution is 5.81. The number of aromatic nitrogens is 4. The first-order valence-electron chi connectivity index (χ1n) is 9.14. The van der Waals surface area contributed by atoms with Crippen molar-refractivity contribution in [2.24, 2.45) is 13.0 Å². The van der Waals surface area contributed by atoms with Crippen LogP contribution in [0.15, 0.2) is 24.8 Å². The molecule has 8 heteroatoms. The molecule has 2 saturated heterocycles. The van der Waals surface area contributed by atoms with Gasteiger partial charge in [-0.1, -0.05) is 0 Å². The van der Waals surface area contributed by atoms with Gasteiger partial charge in [-0.25, -0.2) is 4.98 Å². The molecule has 2 atom stereocenters. The Morgan fingerprint density at radius 2 is 1.96 bits per heavy atom. The molecule has 1 N–H and O–H groups in total. The van der Waals surface area contributed by atoms with Crippen molar-refractivity contribution in [3.8, 4) is 0 Å². The normalized spacial score (nSPS) is 23.5. The van der Waals surface area contributed by atoms with E-state index < -0.39 is 0 Å². The van der Waals surface area contributed by atoms with E-state index in [4.69, 9.17) is 0 Å². The number of aryl methyl sites for hydroxylation is 1. The number of hydrogen-bond acceptors (Lipinski definition) is 6. The molecule has 0 aliphatic carbocycles. The van der Waals surface area contributed by atoms with Crippen molar-refractivity contribution in [1.82, 2.24) is 30.0 Å².